The molecule has 126 valence electrons. The molecule has 21 heavy (non-hydrogen) atoms. The first kappa shape index (κ1) is 20.6. The van der Waals surface area contributed by atoms with Gasteiger partial charge in [-0.05, 0) is 12.8 Å². The summed E-state index contributed by atoms with van der Waals surface area (Å²) in [5, 5.41) is 0. The van der Waals surface area contributed by atoms with Crippen molar-refractivity contribution in [2.75, 3.05) is 27.9 Å². The fraction of sp³-hybridized carbons (Fsp3) is 0.933. The average molecular weight is 321 g/mol. The summed E-state index contributed by atoms with van der Waals surface area (Å²) in [6, 6.07) is 0.888. The third-order valence-corrected chi connectivity index (χ3v) is 6.45. The monoisotopic (exact) mass is 320 g/mol. The van der Waals surface area contributed by atoms with Crippen LogP contribution in [0.3, 0.4) is 0 Å². The zero-order chi connectivity index (χ0) is 16.0. The van der Waals surface area contributed by atoms with E-state index in [2.05, 4.69) is 0 Å². The normalized spacial score (nSPS) is 11.6. The highest BCUT2D eigenvalue weighted by atomic mass is 28.4. The largest absolute Gasteiger partial charge is 0.500 e. The summed E-state index contributed by atoms with van der Waals surface area (Å²) in [7, 11) is 2.63. The van der Waals surface area contributed by atoms with Gasteiger partial charge in [0.2, 0.25) is 0 Å². The van der Waals surface area contributed by atoms with E-state index < -0.39 is 8.80 Å². The second-order valence-electron chi connectivity index (χ2n) is 5.21. The van der Waals surface area contributed by atoms with Crippen LogP contribution in [0.5, 0.6) is 0 Å². The Bertz CT molecular complexity index is 248. The van der Waals surface area contributed by atoms with Crippen LogP contribution in [0.1, 0.15) is 58.3 Å². The Morgan fingerprint density at radius 3 is 1.62 bits per heavy atom. The van der Waals surface area contributed by atoms with E-state index in [9.17, 15) is 4.79 Å². The van der Waals surface area contributed by atoms with Crippen LogP contribution in [-0.4, -0.2) is 42.7 Å². The Balaban J connectivity index is 3.34. The first-order valence-corrected chi connectivity index (χ1v) is 9.82. The number of hydrogen-bond acceptors (Lipinski definition) is 5. The minimum Gasteiger partial charge on any atom is -0.466 e. The third kappa shape index (κ3) is 10.9. The summed E-state index contributed by atoms with van der Waals surface area (Å²) in [5.41, 5.74) is 0. The Morgan fingerprint density at radius 2 is 1.19 bits per heavy atom. The average Bonchev–Trinajstić information content (AvgIpc) is 2.49. The van der Waals surface area contributed by atoms with Gasteiger partial charge in [-0.2, -0.15) is 0 Å². The molecule has 0 aliphatic heterocycles. The molecule has 0 atom stereocenters. The van der Waals surface area contributed by atoms with E-state index in [1.54, 1.807) is 21.3 Å². The van der Waals surface area contributed by atoms with Crippen LogP contribution in [0.2, 0.25) is 6.04 Å². The molecule has 0 radical (unpaired) electrons. The highest BCUT2D eigenvalue weighted by Gasteiger charge is 2.36. The Morgan fingerprint density at radius 1 is 0.762 bits per heavy atom. The maximum atomic E-state index is 10.6. The van der Waals surface area contributed by atoms with Crippen LogP contribution in [0.4, 0.5) is 0 Å². The molecule has 0 amide bonds. The molecule has 0 bridgehead atoms. The van der Waals surface area contributed by atoms with Gasteiger partial charge in [0, 0.05) is 34.3 Å². The minimum absolute atomic E-state index is 0.183. The van der Waals surface area contributed by atoms with Crippen molar-refractivity contribution in [2.24, 2.45) is 0 Å². The second kappa shape index (κ2) is 13.2. The van der Waals surface area contributed by atoms with Crippen molar-refractivity contribution in [3.05, 3.63) is 0 Å². The Kier molecular flexibility index (Phi) is 13.0. The van der Waals surface area contributed by atoms with Gasteiger partial charge in [0.05, 0.1) is 6.61 Å². The van der Waals surface area contributed by atoms with Crippen LogP contribution in [0.15, 0.2) is 0 Å². The van der Waals surface area contributed by atoms with Crippen molar-refractivity contribution in [2.45, 2.75) is 64.3 Å². The molecule has 0 aromatic carbocycles. The van der Waals surface area contributed by atoms with Gasteiger partial charge in [-0.3, -0.25) is 4.79 Å². The van der Waals surface area contributed by atoms with E-state index >= 15 is 0 Å². The zero-order valence-electron chi connectivity index (χ0n) is 14.1. The molecule has 0 rings (SSSR count). The maximum absolute atomic E-state index is 10.6. The molecule has 0 fully saturated rings. The standard InChI is InChI=1S/C15H32O5Si/c1-15(16)20-13-11-9-7-5-6-8-10-12-14-21(17-2,18-3)19-4/h5-14H2,1-4H3. The van der Waals surface area contributed by atoms with Crippen molar-refractivity contribution in [3.8, 4) is 0 Å². The van der Waals surface area contributed by atoms with Gasteiger partial charge in [0.1, 0.15) is 0 Å². The maximum Gasteiger partial charge on any atom is 0.500 e. The van der Waals surface area contributed by atoms with E-state index in [0.717, 1.165) is 25.3 Å². The van der Waals surface area contributed by atoms with E-state index in [4.69, 9.17) is 18.0 Å². The summed E-state index contributed by atoms with van der Waals surface area (Å²) in [4.78, 5) is 10.6. The predicted octanol–water partition coefficient (Wildman–Crippen LogP) is 3.55. The van der Waals surface area contributed by atoms with Gasteiger partial charge in [0.15, 0.2) is 0 Å². The highest BCUT2D eigenvalue weighted by Crippen LogP contribution is 2.18. The summed E-state index contributed by atoms with van der Waals surface area (Å²) < 4.78 is 21.1. The number of rotatable bonds is 14. The molecule has 0 saturated carbocycles. The molecule has 0 heterocycles. The summed E-state index contributed by atoms with van der Waals surface area (Å²) in [6.45, 7) is 2.02. The summed E-state index contributed by atoms with van der Waals surface area (Å²) in [5.74, 6) is -0.183. The van der Waals surface area contributed by atoms with Crippen molar-refractivity contribution in [1.29, 1.82) is 0 Å². The lowest BCUT2D eigenvalue weighted by atomic mass is 10.1. The smallest absolute Gasteiger partial charge is 0.466 e. The number of unbranched alkanes of at least 4 members (excludes halogenated alkanes) is 7. The summed E-state index contributed by atoms with van der Waals surface area (Å²) in [6.07, 6.45) is 9.37. The predicted molar refractivity (Wildman–Crippen MR) is 85.2 cm³/mol. The molecule has 6 heteroatoms. The van der Waals surface area contributed by atoms with Gasteiger partial charge < -0.3 is 18.0 Å². The molecule has 0 aromatic heterocycles. The molecule has 0 aromatic rings. The number of carbonyl (C=O) groups is 1. The van der Waals surface area contributed by atoms with Gasteiger partial charge in [0.25, 0.3) is 0 Å². The quantitative estimate of drug-likeness (QED) is 0.278. The molecule has 0 aliphatic carbocycles. The molecule has 0 unspecified atom stereocenters. The fourth-order valence-electron chi connectivity index (χ4n) is 2.28. The topological polar surface area (TPSA) is 54.0 Å². The van der Waals surface area contributed by atoms with Gasteiger partial charge in [-0.1, -0.05) is 38.5 Å². The van der Waals surface area contributed by atoms with Gasteiger partial charge >= 0.3 is 14.8 Å². The van der Waals surface area contributed by atoms with Crippen LogP contribution in [-0.2, 0) is 22.8 Å². The number of ether oxygens (including phenoxy) is 1. The Hall–Kier alpha value is -0.433. The fourth-order valence-corrected chi connectivity index (χ4v) is 4.07. The number of carbonyl (C=O) groups excluding carboxylic acids is 1. The van der Waals surface area contributed by atoms with E-state index in [1.807, 2.05) is 0 Å². The molecule has 0 N–H and O–H groups in total. The van der Waals surface area contributed by atoms with Crippen LogP contribution in [0, 0.1) is 0 Å². The van der Waals surface area contributed by atoms with E-state index in [0.29, 0.717) is 6.61 Å². The molecular formula is C15H32O5Si. The first-order valence-electron chi connectivity index (χ1n) is 7.89. The Labute approximate surface area is 130 Å². The number of hydrogen-bond donors (Lipinski definition) is 0. The third-order valence-electron chi connectivity index (χ3n) is 3.62. The van der Waals surface area contributed by atoms with E-state index in [-0.39, 0.29) is 5.97 Å². The molecular weight excluding hydrogens is 288 g/mol. The molecule has 0 spiro atoms. The SMILES string of the molecule is CO[Si](CCCCCCCCCCOC(C)=O)(OC)OC. The molecule has 0 aliphatic rings. The van der Waals surface area contributed by atoms with Crippen molar-refractivity contribution < 1.29 is 22.8 Å². The lowest BCUT2D eigenvalue weighted by Crippen LogP contribution is -2.42. The zero-order valence-corrected chi connectivity index (χ0v) is 15.1. The van der Waals surface area contributed by atoms with Crippen molar-refractivity contribution in [3.63, 3.8) is 0 Å². The van der Waals surface area contributed by atoms with Gasteiger partial charge in [-0.15, -0.1) is 0 Å². The highest BCUT2D eigenvalue weighted by molar-refractivity contribution is 6.60. The second-order valence-corrected chi connectivity index (χ2v) is 8.30. The first-order chi connectivity index (χ1) is 10.1. The van der Waals surface area contributed by atoms with Crippen LogP contribution in [0.25, 0.3) is 0 Å². The number of esters is 1. The lowest BCUT2D eigenvalue weighted by Gasteiger charge is -2.24. The van der Waals surface area contributed by atoms with Crippen molar-refractivity contribution >= 4 is 14.8 Å². The van der Waals surface area contributed by atoms with Crippen molar-refractivity contribution in [1.82, 2.24) is 0 Å². The van der Waals surface area contributed by atoms with E-state index in [1.165, 1.54) is 39.0 Å². The van der Waals surface area contributed by atoms with Crippen LogP contribution < -0.4 is 0 Å². The minimum atomic E-state index is -2.36. The van der Waals surface area contributed by atoms with Gasteiger partial charge in [-0.25, -0.2) is 0 Å². The van der Waals surface area contributed by atoms with Crippen LogP contribution >= 0.6 is 0 Å². The lowest BCUT2D eigenvalue weighted by molar-refractivity contribution is -0.141. The summed E-state index contributed by atoms with van der Waals surface area (Å²) >= 11 is 0. The molecule has 5 nitrogen and oxygen atoms in total. The molecule has 0 saturated heterocycles.